The quantitative estimate of drug-likeness (QED) is 0.910. The number of aromatic carboxylic acids is 1. The number of para-hydroxylation sites is 1. The van der Waals surface area contributed by atoms with Gasteiger partial charge in [-0.05, 0) is 30.7 Å². The van der Waals surface area contributed by atoms with Crippen LogP contribution in [0.15, 0.2) is 23.0 Å². The number of nitrogens with one attached hydrogen (secondary N) is 1. The molecule has 0 saturated carbocycles. The Hall–Kier alpha value is -1.69. The Morgan fingerprint density at radius 2 is 2.30 bits per heavy atom. The summed E-state index contributed by atoms with van der Waals surface area (Å²) in [4.78, 5) is 26.2. The monoisotopic (exact) mass is 292 g/mol. The third kappa shape index (κ3) is 2.35. The number of hydrogen-bond donors (Lipinski definition) is 2. The molecule has 6 heteroatoms. The smallest absolute Gasteiger partial charge is 0.337 e. The molecule has 1 aliphatic rings. The number of aromatic nitrogens is 2. The average molecular weight is 292 g/mol. The van der Waals surface area contributed by atoms with Crippen LogP contribution in [0.3, 0.4) is 0 Å². The van der Waals surface area contributed by atoms with Crippen molar-refractivity contribution in [2.45, 2.75) is 31.1 Å². The molecule has 0 aliphatic carbocycles. The predicted molar refractivity (Wildman–Crippen MR) is 79.6 cm³/mol. The topological polar surface area (TPSA) is 75.1 Å². The first-order valence-corrected chi connectivity index (χ1v) is 7.78. The molecule has 1 aromatic heterocycles. The van der Waals surface area contributed by atoms with Gasteiger partial charge < -0.3 is 10.1 Å². The molecule has 106 valence electrons. The second kappa shape index (κ2) is 5.36. The first kappa shape index (κ1) is 13.3. The van der Waals surface area contributed by atoms with Crippen LogP contribution >= 0.6 is 11.8 Å². The van der Waals surface area contributed by atoms with Gasteiger partial charge in [-0.3, -0.25) is 4.57 Å². The van der Waals surface area contributed by atoms with Crippen molar-refractivity contribution in [3.63, 3.8) is 0 Å². The van der Waals surface area contributed by atoms with Gasteiger partial charge in [0, 0.05) is 11.8 Å². The maximum Gasteiger partial charge on any atom is 0.337 e. The Morgan fingerprint density at radius 1 is 1.45 bits per heavy atom. The number of hydrogen-bond acceptors (Lipinski definition) is 3. The van der Waals surface area contributed by atoms with Crippen molar-refractivity contribution in [2.24, 2.45) is 0 Å². The number of thioether (sulfide) groups is 1. The molecule has 0 bridgehead atoms. The van der Waals surface area contributed by atoms with Gasteiger partial charge in [0.25, 0.3) is 0 Å². The minimum Gasteiger partial charge on any atom is -0.478 e. The zero-order valence-corrected chi connectivity index (χ0v) is 11.8. The number of H-pyrrole nitrogens is 1. The molecular formula is C14H16N2O3S. The van der Waals surface area contributed by atoms with E-state index >= 15 is 0 Å². The SMILES string of the molecule is O=C(O)c1cccc2[nH]c(=O)n(CC3CCCCS3)c12. The van der Waals surface area contributed by atoms with Crippen LogP contribution in [0.1, 0.15) is 29.6 Å². The number of carbonyl (C=O) groups is 1. The highest BCUT2D eigenvalue weighted by Gasteiger charge is 2.20. The van der Waals surface area contributed by atoms with Crippen LogP contribution in [0.4, 0.5) is 0 Å². The number of aromatic amines is 1. The van der Waals surface area contributed by atoms with Crippen molar-refractivity contribution < 1.29 is 9.90 Å². The second-order valence-electron chi connectivity index (χ2n) is 5.04. The van der Waals surface area contributed by atoms with E-state index in [1.807, 2.05) is 11.8 Å². The van der Waals surface area contributed by atoms with Gasteiger partial charge in [-0.1, -0.05) is 12.5 Å². The molecule has 0 radical (unpaired) electrons. The van der Waals surface area contributed by atoms with Crippen molar-refractivity contribution >= 4 is 28.8 Å². The fourth-order valence-corrected chi connectivity index (χ4v) is 4.01. The van der Waals surface area contributed by atoms with E-state index in [1.165, 1.54) is 12.8 Å². The highest BCUT2D eigenvalue weighted by Crippen LogP contribution is 2.27. The van der Waals surface area contributed by atoms with Crippen molar-refractivity contribution in [1.82, 2.24) is 9.55 Å². The fraction of sp³-hybridized carbons (Fsp3) is 0.429. The molecule has 1 fully saturated rings. The van der Waals surface area contributed by atoms with Gasteiger partial charge >= 0.3 is 11.7 Å². The standard InChI is InChI=1S/C14H16N2O3S/c17-13(18)10-5-3-6-11-12(10)16(14(19)15-11)8-9-4-1-2-7-20-9/h3,5-6,9H,1-2,4,7-8H2,(H,15,19)(H,17,18). The molecule has 1 unspecified atom stereocenters. The minimum absolute atomic E-state index is 0.182. The molecule has 5 nitrogen and oxygen atoms in total. The summed E-state index contributed by atoms with van der Waals surface area (Å²) < 4.78 is 1.59. The zero-order valence-electron chi connectivity index (χ0n) is 11.0. The maximum atomic E-state index is 12.1. The summed E-state index contributed by atoms with van der Waals surface area (Å²) >= 11 is 1.87. The fourth-order valence-electron chi connectivity index (χ4n) is 2.72. The third-order valence-electron chi connectivity index (χ3n) is 3.68. The third-order valence-corrected chi connectivity index (χ3v) is 5.06. The van der Waals surface area contributed by atoms with Crippen LogP contribution in [0.25, 0.3) is 11.0 Å². The lowest BCUT2D eigenvalue weighted by Crippen LogP contribution is -2.25. The zero-order chi connectivity index (χ0) is 14.1. The number of carboxylic acids is 1. The van der Waals surface area contributed by atoms with Crippen molar-refractivity contribution in [1.29, 1.82) is 0 Å². The number of imidazole rings is 1. The van der Waals surface area contributed by atoms with Crippen molar-refractivity contribution in [3.8, 4) is 0 Å². The normalized spacial score (nSPS) is 19.3. The lowest BCUT2D eigenvalue weighted by atomic mass is 10.1. The van der Waals surface area contributed by atoms with Crippen molar-refractivity contribution in [2.75, 3.05) is 5.75 Å². The van der Waals surface area contributed by atoms with Crippen LogP contribution in [0, 0.1) is 0 Å². The number of rotatable bonds is 3. The Balaban J connectivity index is 2.06. The first-order valence-electron chi connectivity index (χ1n) is 6.73. The van der Waals surface area contributed by atoms with Crippen LogP contribution in [0.5, 0.6) is 0 Å². The molecule has 0 amide bonds. The van der Waals surface area contributed by atoms with Gasteiger partial charge in [-0.2, -0.15) is 11.8 Å². The molecule has 1 atom stereocenters. The molecule has 1 aromatic carbocycles. The lowest BCUT2D eigenvalue weighted by Gasteiger charge is -2.21. The van der Waals surface area contributed by atoms with Crippen molar-refractivity contribution in [3.05, 3.63) is 34.2 Å². The molecule has 1 aliphatic heterocycles. The van der Waals surface area contributed by atoms with Gasteiger partial charge in [0.05, 0.1) is 16.6 Å². The molecule has 20 heavy (non-hydrogen) atoms. The van der Waals surface area contributed by atoms with Gasteiger partial charge in [-0.15, -0.1) is 0 Å². The predicted octanol–water partition coefficient (Wildman–Crippen LogP) is 2.31. The molecule has 2 heterocycles. The van der Waals surface area contributed by atoms with Crippen LogP contribution < -0.4 is 5.69 Å². The van der Waals surface area contributed by atoms with E-state index < -0.39 is 5.97 Å². The van der Waals surface area contributed by atoms with Crippen LogP contribution in [0.2, 0.25) is 0 Å². The number of fused-ring (bicyclic) bond motifs is 1. The van der Waals surface area contributed by atoms with Crippen LogP contribution in [-0.2, 0) is 6.54 Å². The summed E-state index contributed by atoms with van der Waals surface area (Å²) in [7, 11) is 0. The summed E-state index contributed by atoms with van der Waals surface area (Å²) in [6, 6.07) is 4.94. The summed E-state index contributed by atoms with van der Waals surface area (Å²) in [5.74, 6) is 0.118. The van der Waals surface area contributed by atoms with E-state index in [2.05, 4.69) is 4.98 Å². The molecule has 2 aromatic rings. The largest absolute Gasteiger partial charge is 0.478 e. The molecule has 0 spiro atoms. The Bertz CT molecular complexity index is 698. The highest BCUT2D eigenvalue weighted by atomic mass is 32.2. The summed E-state index contributed by atoms with van der Waals surface area (Å²) in [6.45, 7) is 0.577. The van der Waals surface area contributed by atoms with Crippen LogP contribution in [-0.4, -0.2) is 31.6 Å². The number of nitrogens with zero attached hydrogens (tertiary/aromatic N) is 1. The van der Waals surface area contributed by atoms with Gasteiger partial charge in [0.1, 0.15) is 0 Å². The minimum atomic E-state index is -1.00. The molecule has 2 N–H and O–H groups in total. The lowest BCUT2D eigenvalue weighted by molar-refractivity contribution is 0.0698. The summed E-state index contributed by atoms with van der Waals surface area (Å²) in [5.41, 5.74) is 1.06. The molecule has 1 saturated heterocycles. The van der Waals surface area contributed by atoms with E-state index in [-0.39, 0.29) is 11.3 Å². The van der Waals surface area contributed by atoms with E-state index in [0.717, 1.165) is 12.2 Å². The maximum absolute atomic E-state index is 12.1. The van der Waals surface area contributed by atoms with E-state index in [0.29, 0.717) is 22.8 Å². The van der Waals surface area contributed by atoms with Gasteiger partial charge in [0.15, 0.2) is 0 Å². The van der Waals surface area contributed by atoms with E-state index in [4.69, 9.17) is 0 Å². The van der Waals surface area contributed by atoms with Gasteiger partial charge in [-0.25, -0.2) is 9.59 Å². The average Bonchev–Trinajstić information content (AvgIpc) is 2.76. The summed E-state index contributed by atoms with van der Waals surface area (Å²) in [5, 5.41) is 9.68. The second-order valence-corrected chi connectivity index (χ2v) is 6.44. The number of carboxylic acid groups (broad SMARTS) is 1. The Morgan fingerprint density at radius 3 is 3.00 bits per heavy atom. The Kier molecular flexibility index (Phi) is 3.56. The van der Waals surface area contributed by atoms with E-state index in [1.54, 1.807) is 22.8 Å². The Labute approximate surface area is 120 Å². The number of benzene rings is 1. The molecule has 3 rings (SSSR count). The summed E-state index contributed by atoms with van der Waals surface area (Å²) in [6.07, 6.45) is 3.49. The van der Waals surface area contributed by atoms with E-state index in [9.17, 15) is 14.7 Å². The van der Waals surface area contributed by atoms with Gasteiger partial charge in [0.2, 0.25) is 0 Å². The molecular weight excluding hydrogens is 276 g/mol. The first-order chi connectivity index (χ1) is 9.66. The highest BCUT2D eigenvalue weighted by molar-refractivity contribution is 7.99.